The fourth-order valence-electron chi connectivity index (χ4n) is 1.50. The van der Waals surface area contributed by atoms with Crippen LogP contribution in [0.3, 0.4) is 0 Å². The normalized spacial score (nSPS) is 15.8. The van der Waals surface area contributed by atoms with Crippen molar-refractivity contribution in [2.75, 3.05) is 6.54 Å². The molecule has 0 aliphatic heterocycles. The Morgan fingerprint density at radius 2 is 2.08 bits per heavy atom. The molecule has 0 aliphatic carbocycles. The lowest BCUT2D eigenvalue weighted by molar-refractivity contribution is 0.352. The van der Waals surface area contributed by atoms with Gasteiger partial charge in [-0.3, -0.25) is 4.68 Å². The summed E-state index contributed by atoms with van der Waals surface area (Å²) in [5.74, 6) is 0.470. The second-order valence-electron chi connectivity index (χ2n) is 3.83. The highest BCUT2D eigenvalue weighted by Crippen LogP contribution is 2.18. The largest absolute Gasteiger partial charge is 0.330 e. The van der Waals surface area contributed by atoms with Gasteiger partial charge in [-0.15, -0.1) is 0 Å². The molecule has 0 spiro atoms. The summed E-state index contributed by atoms with van der Waals surface area (Å²) in [4.78, 5) is 0. The van der Waals surface area contributed by atoms with E-state index >= 15 is 0 Å². The first-order chi connectivity index (χ1) is 6.06. The lowest BCUT2D eigenvalue weighted by Gasteiger charge is -2.20. The van der Waals surface area contributed by atoms with Crippen molar-refractivity contribution in [3.63, 3.8) is 0 Å². The molecule has 2 unspecified atom stereocenters. The molecule has 1 aromatic rings. The number of nitrogens with zero attached hydrogens (tertiary/aromatic N) is 2. The van der Waals surface area contributed by atoms with Gasteiger partial charge < -0.3 is 5.73 Å². The molecule has 0 bridgehead atoms. The van der Waals surface area contributed by atoms with E-state index in [4.69, 9.17) is 5.73 Å². The van der Waals surface area contributed by atoms with Crippen LogP contribution in [0, 0.1) is 19.8 Å². The zero-order valence-electron chi connectivity index (χ0n) is 8.91. The summed E-state index contributed by atoms with van der Waals surface area (Å²) in [5.41, 5.74) is 7.92. The van der Waals surface area contributed by atoms with E-state index in [1.54, 1.807) is 0 Å². The topological polar surface area (TPSA) is 43.8 Å². The zero-order chi connectivity index (χ0) is 10.0. The molecular weight excluding hydrogens is 162 g/mol. The van der Waals surface area contributed by atoms with Crippen molar-refractivity contribution in [2.24, 2.45) is 11.7 Å². The maximum absolute atomic E-state index is 5.63. The molecule has 3 nitrogen and oxygen atoms in total. The molecule has 0 radical (unpaired) electrons. The van der Waals surface area contributed by atoms with Crippen LogP contribution in [0.4, 0.5) is 0 Å². The molecule has 0 aliphatic rings. The Kier molecular flexibility index (Phi) is 3.09. The summed E-state index contributed by atoms with van der Waals surface area (Å²) in [6.45, 7) is 9.13. The maximum Gasteiger partial charge on any atom is 0.0596 e. The van der Waals surface area contributed by atoms with Gasteiger partial charge in [0.1, 0.15) is 0 Å². The van der Waals surface area contributed by atoms with Gasteiger partial charge in [-0.05, 0) is 39.3 Å². The Bertz CT molecular complexity index is 278. The maximum atomic E-state index is 5.63. The Morgan fingerprint density at radius 3 is 2.46 bits per heavy atom. The number of rotatable bonds is 3. The van der Waals surface area contributed by atoms with Crippen LogP contribution in [0.15, 0.2) is 6.07 Å². The summed E-state index contributed by atoms with van der Waals surface area (Å²) in [5, 5.41) is 4.44. The number of hydrogen-bond donors (Lipinski definition) is 1. The Labute approximate surface area is 79.9 Å². The second kappa shape index (κ2) is 3.92. The molecule has 0 aromatic carbocycles. The molecule has 2 atom stereocenters. The summed E-state index contributed by atoms with van der Waals surface area (Å²) in [6.07, 6.45) is 0. The third kappa shape index (κ3) is 2.10. The molecule has 2 N–H and O–H groups in total. The van der Waals surface area contributed by atoms with Gasteiger partial charge in [0, 0.05) is 5.69 Å². The molecule has 0 saturated carbocycles. The predicted octanol–water partition coefficient (Wildman–Crippen LogP) is 1.66. The van der Waals surface area contributed by atoms with Crippen molar-refractivity contribution >= 4 is 0 Å². The third-order valence-corrected chi connectivity index (χ3v) is 2.63. The van der Waals surface area contributed by atoms with E-state index < -0.39 is 0 Å². The van der Waals surface area contributed by atoms with Crippen LogP contribution >= 0.6 is 0 Å². The molecular formula is C10H19N3. The second-order valence-corrected chi connectivity index (χ2v) is 3.83. The SMILES string of the molecule is Cc1cc(C)n(C(C)C(C)CN)n1. The number of nitrogens with two attached hydrogens (primary N) is 1. The predicted molar refractivity (Wildman–Crippen MR) is 54.6 cm³/mol. The molecule has 1 heterocycles. The van der Waals surface area contributed by atoms with E-state index in [9.17, 15) is 0 Å². The van der Waals surface area contributed by atoms with Gasteiger partial charge in [-0.2, -0.15) is 5.10 Å². The molecule has 3 heteroatoms. The Morgan fingerprint density at radius 1 is 1.46 bits per heavy atom. The quantitative estimate of drug-likeness (QED) is 0.770. The van der Waals surface area contributed by atoms with E-state index in [0.29, 0.717) is 18.5 Å². The number of aromatic nitrogens is 2. The number of hydrogen-bond acceptors (Lipinski definition) is 2. The van der Waals surface area contributed by atoms with Crippen molar-refractivity contribution in [3.05, 3.63) is 17.5 Å². The van der Waals surface area contributed by atoms with Crippen molar-refractivity contribution < 1.29 is 0 Å². The third-order valence-electron chi connectivity index (χ3n) is 2.63. The van der Waals surface area contributed by atoms with Crippen molar-refractivity contribution in [2.45, 2.75) is 33.7 Å². The van der Waals surface area contributed by atoms with Crippen molar-refractivity contribution in [3.8, 4) is 0 Å². The standard InChI is InChI=1S/C10H19N3/c1-7(6-11)10(4)13-9(3)5-8(2)12-13/h5,7,10H,6,11H2,1-4H3. The average molecular weight is 181 g/mol. The first-order valence-corrected chi connectivity index (χ1v) is 4.79. The van der Waals surface area contributed by atoms with Crippen LogP contribution in [0.5, 0.6) is 0 Å². The van der Waals surface area contributed by atoms with Crippen molar-refractivity contribution in [1.29, 1.82) is 0 Å². The van der Waals surface area contributed by atoms with Gasteiger partial charge in [-0.1, -0.05) is 6.92 Å². The van der Waals surface area contributed by atoms with E-state index in [-0.39, 0.29) is 0 Å². The van der Waals surface area contributed by atoms with Crippen LogP contribution in [0.2, 0.25) is 0 Å². The summed E-state index contributed by atoms with van der Waals surface area (Å²) >= 11 is 0. The molecule has 74 valence electrons. The highest BCUT2D eigenvalue weighted by Gasteiger charge is 2.14. The van der Waals surface area contributed by atoms with E-state index in [0.717, 1.165) is 5.69 Å². The van der Waals surface area contributed by atoms with Gasteiger partial charge >= 0.3 is 0 Å². The summed E-state index contributed by atoms with van der Waals surface area (Å²) in [6, 6.07) is 2.48. The molecule has 13 heavy (non-hydrogen) atoms. The molecule has 0 fully saturated rings. The van der Waals surface area contributed by atoms with Gasteiger partial charge in [0.25, 0.3) is 0 Å². The Hall–Kier alpha value is -0.830. The minimum absolute atomic E-state index is 0.388. The average Bonchev–Trinajstić information content (AvgIpc) is 2.42. The molecule has 1 rings (SSSR count). The minimum atomic E-state index is 0.388. The van der Waals surface area contributed by atoms with Crippen LogP contribution in [-0.2, 0) is 0 Å². The smallest absolute Gasteiger partial charge is 0.0596 e. The van der Waals surface area contributed by atoms with Crippen molar-refractivity contribution in [1.82, 2.24) is 9.78 Å². The van der Waals surface area contributed by atoms with Gasteiger partial charge in [-0.25, -0.2) is 0 Å². The Balaban J connectivity index is 2.87. The highest BCUT2D eigenvalue weighted by molar-refractivity contribution is 5.07. The van der Waals surface area contributed by atoms with Crippen LogP contribution in [0.1, 0.15) is 31.3 Å². The van der Waals surface area contributed by atoms with Gasteiger partial charge in [0.15, 0.2) is 0 Å². The van der Waals surface area contributed by atoms with Gasteiger partial charge in [0.2, 0.25) is 0 Å². The fraction of sp³-hybridized carbons (Fsp3) is 0.700. The minimum Gasteiger partial charge on any atom is -0.330 e. The van der Waals surface area contributed by atoms with Crippen LogP contribution < -0.4 is 5.73 Å². The first-order valence-electron chi connectivity index (χ1n) is 4.79. The fourth-order valence-corrected chi connectivity index (χ4v) is 1.50. The van der Waals surface area contributed by atoms with E-state index in [2.05, 4.69) is 36.6 Å². The lowest BCUT2D eigenvalue weighted by Crippen LogP contribution is -2.23. The molecule has 1 aromatic heterocycles. The summed E-state index contributed by atoms with van der Waals surface area (Å²) < 4.78 is 2.06. The number of aryl methyl sites for hydroxylation is 2. The molecule has 0 amide bonds. The monoisotopic (exact) mass is 181 g/mol. The summed E-state index contributed by atoms with van der Waals surface area (Å²) in [7, 11) is 0. The van der Waals surface area contributed by atoms with Gasteiger partial charge in [0.05, 0.1) is 11.7 Å². The first kappa shape index (κ1) is 10.3. The lowest BCUT2D eigenvalue weighted by atomic mass is 10.0. The van der Waals surface area contributed by atoms with Crippen LogP contribution in [-0.4, -0.2) is 16.3 Å². The van der Waals surface area contributed by atoms with E-state index in [1.807, 2.05) is 6.92 Å². The van der Waals surface area contributed by atoms with E-state index in [1.165, 1.54) is 5.69 Å². The highest BCUT2D eigenvalue weighted by atomic mass is 15.3. The van der Waals surface area contributed by atoms with Crippen LogP contribution in [0.25, 0.3) is 0 Å². The zero-order valence-corrected chi connectivity index (χ0v) is 8.91. The molecule has 0 saturated heterocycles.